The topological polar surface area (TPSA) is 16.4 Å². The van der Waals surface area contributed by atoms with Gasteiger partial charge < -0.3 is 9.32 Å². The van der Waals surface area contributed by atoms with Gasteiger partial charge >= 0.3 is 0 Å². The molecule has 0 saturated heterocycles. The van der Waals surface area contributed by atoms with Crippen LogP contribution in [0.25, 0.3) is 76.9 Å². The van der Waals surface area contributed by atoms with Crippen LogP contribution in [0.15, 0.2) is 204 Å². The van der Waals surface area contributed by atoms with Gasteiger partial charge in [0.2, 0.25) is 0 Å². The van der Waals surface area contributed by atoms with Crippen molar-refractivity contribution in [1.29, 1.82) is 0 Å². The van der Waals surface area contributed by atoms with E-state index in [1.807, 2.05) is 84.9 Å². The van der Waals surface area contributed by atoms with Gasteiger partial charge in [0.1, 0.15) is 11.2 Å². The van der Waals surface area contributed by atoms with Crippen LogP contribution in [0.4, 0.5) is 17.1 Å². The quantitative estimate of drug-likeness (QED) is 0.174. The summed E-state index contributed by atoms with van der Waals surface area (Å²) in [5.41, 5.74) is 0.981. The Morgan fingerprint density at radius 2 is 1.04 bits per heavy atom. The molecule has 0 aliphatic heterocycles. The third-order valence-electron chi connectivity index (χ3n) is 9.28. The van der Waals surface area contributed by atoms with Gasteiger partial charge in [0.05, 0.1) is 23.5 Å². The van der Waals surface area contributed by atoms with Crippen molar-refractivity contribution >= 4 is 60.5 Å². The lowest BCUT2D eigenvalue weighted by atomic mass is 9.96. The van der Waals surface area contributed by atoms with Crippen molar-refractivity contribution in [3.63, 3.8) is 0 Å². The van der Waals surface area contributed by atoms with E-state index in [0.717, 1.165) is 26.9 Å². The molecule has 10 aromatic rings. The number of nitrogens with zero attached hydrogens (tertiary/aromatic N) is 1. The molecule has 0 radical (unpaired) electrons. The Bertz CT molecular complexity index is 3590. The minimum absolute atomic E-state index is 0.0145. The molecule has 2 heteroatoms. The van der Waals surface area contributed by atoms with Crippen molar-refractivity contribution in [3.05, 3.63) is 200 Å². The lowest BCUT2D eigenvalue weighted by Gasteiger charge is -2.28. The van der Waals surface area contributed by atoms with Crippen LogP contribution in [0.5, 0.6) is 0 Å². The molecule has 0 N–H and O–H groups in total. The van der Waals surface area contributed by atoms with Crippen molar-refractivity contribution in [2.75, 3.05) is 4.90 Å². The summed E-state index contributed by atoms with van der Waals surface area (Å²) in [6, 6.07) is 28.6. The average molecular weight is 677 g/mol. The van der Waals surface area contributed by atoms with Crippen LogP contribution in [-0.2, 0) is 0 Å². The zero-order valence-electron chi connectivity index (χ0n) is 40.4. The lowest BCUT2D eigenvalue weighted by Crippen LogP contribution is -2.11. The van der Waals surface area contributed by atoms with E-state index in [0.29, 0.717) is 33.2 Å². The number of furan rings is 1. The van der Waals surface area contributed by atoms with Gasteiger partial charge in [0.25, 0.3) is 0 Å². The van der Waals surface area contributed by atoms with Crippen LogP contribution in [0, 0.1) is 0 Å². The summed E-state index contributed by atoms with van der Waals surface area (Å²) >= 11 is 0. The number of hydrogen-bond donors (Lipinski definition) is 0. The van der Waals surface area contributed by atoms with Crippen molar-refractivity contribution in [2.45, 2.75) is 0 Å². The summed E-state index contributed by atoms with van der Waals surface area (Å²) in [6.45, 7) is 0. The molecule has 0 atom stereocenters. The molecule has 2 nitrogen and oxygen atoms in total. The van der Waals surface area contributed by atoms with Crippen molar-refractivity contribution in [3.8, 4) is 33.4 Å². The molecule has 1 heterocycles. The fraction of sp³-hybridized carbons (Fsp3) is 0. The van der Waals surface area contributed by atoms with Gasteiger partial charge in [-0.15, -0.1) is 0 Å². The monoisotopic (exact) mass is 676 g/mol. The van der Waals surface area contributed by atoms with E-state index >= 15 is 0 Å². The van der Waals surface area contributed by atoms with Gasteiger partial charge in [-0.05, 0) is 92.4 Å². The maximum absolute atomic E-state index is 9.66. The SMILES string of the molecule is [2H]c1c([2H])c([2H])c(-c2c([2H])c([2H])c(N(c3ccccc3-c3cccc4oc5c6ccccc6ccc5c34)c3c([2H])c([2H])c(-c4ccc5ccccc5c4)c([2H])c3[2H])c([2H])c2[2H])c([2H])c1[2H]. The molecule has 0 amide bonds. The highest BCUT2D eigenvalue weighted by Crippen LogP contribution is 2.46. The van der Waals surface area contributed by atoms with Crippen LogP contribution in [-0.4, -0.2) is 0 Å². The summed E-state index contributed by atoms with van der Waals surface area (Å²) in [4.78, 5) is 1.21. The Kier molecular flexibility index (Phi) is 4.67. The maximum atomic E-state index is 9.66. The largest absolute Gasteiger partial charge is 0.455 e. The highest BCUT2D eigenvalue weighted by molar-refractivity contribution is 6.19. The van der Waals surface area contributed by atoms with Crippen LogP contribution >= 0.6 is 0 Å². The van der Waals surface area contributed by atoms with Crippen LogP contribution in [0.3, 0.4) is 0 Å². The standard InChI is InChI=1S/C50H33NO/c1-2-11-34(12-3-1)36-23-28-41(29-24-36)51(42-30-25-37(26-31-42)40-22-21-35-13-4-5-15-39(35)33-40)47-19-9-8-17-44(47)45-18-10-20-48-49(45)46-32-27-38-14-6-7-16-43(38)50(46)52-48/h1-33H/i1D,2D,3D,11D,12D,23D,24D,25D,26D,28D,29D,30D,31D. The molecule has 10 rings (SSSR count). The second-order valence-electron chi connectivity index (χ2n) is 12.3. The second-order valence-corrected chi connectivity index (χ2v) is 12.3. The second kappa shape index (κ2) is 12.5. The molecule has 0 spiro atoms. The Hall–Kier alpha value is -6.90. The lowest BCUT2D eigenvalue weighted by molar-refractivity contribution is 0.673. The van der Waals surface area contributed by atoms with Crippen molar-refractivity contribution in [2.24, 2.45) is 0 Å². The molecule has 0 fully saturated rings. The Labute approximate surface area is 320 Å². The fourth-order valence-corrected chi connectivity index (χ4v) is 6.85. The van der Waals surface area contributed by atoms with Gasteiger partial charge in [-0.2, -0.15) is 0 Å². The molecule has 1 aromatic heterocycles. The number of benzene rings is 9. The Morgan fingerprint density at radius 1 is 0.423 bits per heavy atom. The van der Waals surface area contributed by atoms with Crippen molar-refractivity contribution < 1.29 is 22.2 Å². The highest BCUT2D eigenvalue weighted by Gasteiger charge is 2.21. The van der Waals surface area contributed by atoms with Gasteiger partial charge in [-0.3, -0.25) is 0 Å². The summed E-state index contributed by atoms with van der Waals surface area (Å²) in [5.74, 6) is 0. The molecule has 0 bridgehead atoms. The molecule has 9 aromatic carbocycles. The van der Waals surface area contributed by atoms with E-state index in [2.05, 4.69) is 0 Å². The van der Waals surface area contributed by atoms with E-state index in [-0.39, 0.29) is 16.9 Å². The molecular formula is C50H33NO. The first-order chi connectivity index (χ1) is 31.2. The van der Waals surface area contributed by atoms with Gasteiger partial charge in [0.15, 0.2) is 0 Å². The Morgan fingerprint density at radius 3 is 1.83 bits per heavy atom. The maximum Gasteiger partial charge on any atom is 0.143 e. The summed E-state index contributed by atoms with van der Waals surface area (Å²) in [6.07, 6.45) is 0. The molecule has 0 aliphatic carbocycles. The zero-order valence-corrected chi connectivity index (χ0v) is 27.4. The predicted octanol–water partition coefficient (Wildman–Crippen LogP) is 14.4. The number of para-hydroxylation sites is 1. The predicted molar refractivity (Wildman–Crippen MR) is 220 cm³/mol. The van der Waals surface area contributed by atoms with Crippen molar-refractivity contribution in [1.82, 2.24) is 0 Å². The molecule has 0 aliphatic rings. The van der Waals surface area contributed by atoms with Crippen LogP contribution in [0.1, 0.15) is 17.8 Å². The van der Waals surface area contributed by atoms with E-state index in [9.17, 15) is 11.0 Å². The first-order valence-corrected chi connectivity index (χ1v) is 16.7. The first kappa shape index (κ1) is 19.5. The van der Waals surface area contributed by atoms with Gasteiger partial charge in [0, 0.05) is 33.1 Å². The minimum atomic E-state index is -0.750. The third-order valence-corrected chi connectivity index (χ3v) is 9.28. The average Bonchev–Trinajstić information content (AvgIpc) is 3.72. The number of hydrogen-bond acceptors (Lipinski definition) is 2. The van der Waals surface area contributed by atoms with Crippen LogP contribution in [0.2, 0.25) is 0 Å². The summed E-state index contributed by atoms with van der Waals surface area (Å²) < 4.78 is 125. The molecule has 52 heavy (non-hydrogen) atoms. The smallest absolute Gasteiger partial charge is 0.143 e. The Balaban J connectivity index is 1.30. The third kappa shape index (κ3) is 5.12. The molecular weight excluding hydrogens is 631 g/mol. The van der Waals surface area contributed by atoms with E-state index in [1.165, 1.54) is 4.90 Å². The summed E-state index contributed by atoms with van der Waals surface area (Å²) in [7, 11) is 0. The molecule has 0 unspecified atom stereocenters. The summed E-state index contributed by atoms with van der Waals surface area (Å²) in [5, 5.41) is 5.08. The van der Waals surface area contributed by atoms with E-state index in [1.54, 1.807) is 36.4 Å². The van der Waals surface area contributed by atoms with Crippen LogP contribution < -0.4 is 4.90 Å². The van der Waals surface area contributed by atoms with Gasteiger partial charge in [-0.25, -0.2) is 0 Å². The number of fused-ring (bicyclic) bond motifs is 6. The molecule has 244 valence electrons. The zero-order chi connectivity index (χ0) is 45.7. The van der Waals surface area contributed by atoms with E-state index in [4.69, 9.17) is 11.3 Å². The highest BCUT2D eigenvalue weighted by atomic mass is 16.3. The first-order valence-electron chi connectivity index (χ1n) is 23.2. The minimum Gasteiger partial charge on any atom is -0.455 e. The number of anilines is 3. The fourth-order valence-electron chi connectivity index (χ4n) is 6.85. The van der Waals surface area contributed by atoms with Gasteiger partial charge in [-0.1, -0.05) is 151 Å². The molecule has 0 saturated carbocycles. The van der Waals surface area contributed by atoms with E-state index < -0.39 is 95.4 Å². The number of rotatable bonds is 6. The normalized spacial score (nSPS) is 15.0.